The van der Waals surface area contributed by atoms with Crippen LogP contribution in [0.2, 0.25) is 0 Å². The van der Waals surface area contributed by atoms with Crippen LogP contribution in [-0.4, -0.2) is 29.6 Å². The molecule has 0 radical (unpaired) electrons. The Morgan fingerprint density at radius 2 is 1.87 bits per heavy atom. The number of carbonyl (C=O) groups is 1. The number of hydrogen-bond donors (Lipinski definition) is 1. The maximum atomic E-state index is 13.0. The molecule has 2 heterocycles. The number of urea groups is 1. The number of likely N-dealkylation sites (tertiary alicyclic amines) is 1. The minimum absolute atomic E-state index is 0.181. The number of hydrogen-bond acceptors (Lipinski definition) is 4. The fourth-order valence-corrected chi connectivity index (χ4v) is 4.10. The van der Waals surface area contributed by atoms with Crippen molar-refractivity contribution >= 4 is 22.8 Å². The van der Waals surface area contributed by atoms with E-state index >= 15 is 0 Å². The van der Waals surface area contributed by atoms with Crippen molar-refractivity contribution in [3.63, 3.8) is 0 Å². The summed E-state index contributed by atoms with van der Waals surface area (Å²) < 4.78 is 11.4. The average Bonchev–Trinajstić information content (AvgIpc) is 3.46. The zero-order chi connectivity index (χ0) is 21.2. The van der Waals surface area contributed by atoms with Gasteiger partial charge < -0.3 is 19.4 Å². The van der Waals surface area contributed by atoms with E-state index in [-0.39, 0.29) is 12.1 Å². The van der Waals surface area contributed by atoms with Gasteiger partial charge in [-0.1, -0.05) is 48.5 Å². The molecule has 4 aromatic rings. The molecular weight excluding hydrogens is 390 g/mol. The first kappa shape index (κ1) is 19.2. The molecule has 31 heavy (non-hydrogen) atoms. The summed E-state index contributed by atoms with van der Waals surface area (Å²) in [6, 6.07) is 23.2. The quantitative estimate of drug-likeness (QED) is 0.454. The van der Waals surface area contributed by atoms with Gasteiger partial charge in [-0.2, -0.15) is 0 Å². The van der Waals surface area contributed by atoms with Crippen LogP contribution in [0.25, 0.3) is 22.2 Å². The molecule has 6 nitrogen and oxygen atoms in total. The Morgan fingerprint density at radius 3 is 2.71 bits per heavy atom. The van der Waals surface area contributed by atoms with Crippen LogP contribution in [-0.2, 0) is 0 Å². The van der Waals surface area contributed by atoms with Crippen molar-refractivity contribution in [2.75, 3.05) is 19.0 Å². The Labute approximate surface area is 180 Å². The first-order valence-corrected chi connectivity index (χ1v) is 10.4. The maximum Gasteiger partial charge on any atom is 0.322 e. The van der Waals surface area contributed by atoms with Crippen LogP contribution in [0.1, 0.15) is 24.8 Å². The average molecular weight is 413 g/mol. The highest BCUT2D eigenvalue weighted by molar-refractivity contribution is 5.91. The number of aromatic nitrogens is 1. The number of carbonyl (C=O) groups excluding carboxylic acids is 1. The lowest BCUT2D eigenvalue weighted by atomic mass is 10.1. The number of rotatable bonds is 4. The molecule has 0 aliphatic carbocycles. The summed E-state index contributed by atoms with van der Waals surface area (Å²) in [6.45, 7) is 0.652. The van der Waals surface area contributed by atoms with E-state index in [4.69, 9.17) is 14.1 Å². The molecule has 1 fully saturated rings. The molecule has 1 aliphatic rings. The number of amides is 2. The molecule has 1 atom stereocenters. The van der Waals surface area contributed by atoms with E-state index < -0.39 is 0 Å². The standard InChI is InChI=1S/C25H23N3O3/c1-30-22-12-6-5-10-19(22)27-25(29)28-15-7-11-21(28)24-26-20-16-18(13-14-23(20)31-24)17-8-3-2-4-9-17/h2-6,8-10,12-14,16,21H,7,11,15H2,1H3,(H,27,29)/t21-/m1/s1. The van der Waals surface area contributed by atoms with Gasteiger partial charge in [0.25, 0.3) is 0 Å². The largest absolute Gasteiger partial charge is 0.495 e. The normalized spacial score (nSPS) is 15.9. The molecule has 156 valence electrons. The zero-order valence-electron chi connectivity index (χ0n) is 17.2. The number of nitrogens with zero attached hydrogens (tertiary/aromatic N) is 2. The van der Waals surface area contributed by atoms with Crippen LogP contribution in [0.5, 0.6) is 5.75 Å². The van der Waals surface area contributed by atoms with E-state index in [2.05, 4.69) is 17.4 Å². The Kier molecular flexibility index (Phi) is 5.04. The van der Waals surface area contributed by atoms with Gasteiger partial charge in [-0.25, -0.2) is 9.78 Å². The van der Waals surface area contributed by atoms with Gasteiger partial charge in [-0.15, -0.1) is 0 Å². The van der Waals surface area contributed by atoms with Gasteiger partial charge in [-0.05, 0) is 48.2 Å². The van der Waals surface area contributed by atoms with E-state index in [1.165, 1.54) is 0 Å². The van der Waals surface area contributed by atoms with Crippen molar-refractivity contribution in [2.24, 2.45) is 0 Å². The summed E-state index contributed by atoms with van der Waals surface area (Å²) in [5.41, 5.74) is 4.39. The topological polar surface area (TPSA) is 67.6 Å². The Hall–Kier alpha value is -3.80. The minimum Gasteiger partial charge on any atom is -0.495 e. The lowest BCUT2D eigenvalue weighted by Gasteiger charge is -2.23. The van der Waals surface area contributed by atoms with Crippen LogP contribution in [0.4, 0.5) is 10.5 Å². The number of benzene rings is 3. The van der Waals surface area contributed by atoms with Gasteiger partial charge in [0.05, 0.1) is 12.8 Å². The molecule has 5 rings (SSSR count). The van der Waals surface area contributed by atoms with E-state index in [9.17, 15) is 4.79 Å². The first-order valence-electron chi connectivity index (χ1n) is 10.4. The van der Waals surface area contributed by atoms with Crippen molar-refractivity contribution < 1.29 is 13.9 Å². The van der Waals surface area contributed by atoms with Crippen molar-refractivity contribution in [2.45, 2.75) is 18.9 Å². The number of ether oxygens (including phenoxy) is 1. The molecule has 0 saturated carbocycles. The Bertz CT molecular complexity index is 1220. The van der Waals surface area contributed by atoms with Crippen LogP contribution in [0.15, 0.2) is 77.2 Å². The highest BCUT2D eigenvalue weighted by Crippen LogP contribution is 2.35. The van der Waals surface area contributed by atoms with Crippen molar-refractivity contribution in [1.29, 1.82) is 0 Å². The molecule has 1 N–H and O–H groups in total. The molecule has 6 heteroatoms. The lowest BCUT2D eigenvalue weighted by molar-refractivity contribution is 0.198. The minimum atomic E-state index is -0.192. The summed E-state index contributed by atoms with van der Waals surface area (Å²) in [6.07, 6.45) is 1.72. The van der Waals surface area contributed by atoms with E-state index in [0.29, 0.717) is 23.9 Å². The van der Waals surface area contributed by atoms with Crippen LogP contribution in [0.3, 0.4) is 0 Å². The number of para-hydroxylation sites is 2. The van der Waals surface area contributed by atoms with Crippen molar-refractivity contribution in [3.8, 4) is 16.9 Å². The van der Waals surface area contributed by atoms with Crippen LogP contribution >= 0.6 is 0 Å². The van der Waals surface area contributed by atoms with Gasteiger partial charge in [0.1, 0.15) is 17.3 Å². The highest BCUT2D eigenvalue weighted by Gasteiger charge is 2.34. The molecular formula is C25H23N3O3. The number of fused-ring (bicyclic) bond motifs is 1. The van der Waals surface area contributed by atoms with E-state index in [1.54, 1.807) is 12.0 Å². The summed E-state index contributed by atoms with van der Waals surface area (Å²) in [5.74, 6) is 1.20. The third kappa shape index (κ3) is 3.72. The van der Waals surface area contributed by atoms with Crippen molar-refractivity contribution in [3.05, 3.63) is 78.7 Å². The molecule has 0 unspecified atom stereocenters. The second-order valence-corrected chi connectivity index (χ2v) is 7.58. The van der Waals surface area contributed by atoms with Crippen LogP contribution < -0.4 is 10.1 Å². The first-order chi connectivity index (χ1) is 15.2. The number of nitrogens with one attached hydrogen (secondary N) is 1. The summed E-state index contributed by atoms with van der Waals surface area (Å²) in [7, 11) is 1.59. The third-order valence-electron chi connectivity index (χ3n) is 5.66. The fourth-order valence-electron chi connectivity index (χ4n) is 4.10. The second-order valence-electron chi connectivity index (χ2n) is 7.58. The molecule has 1 saturated heterocycles. The Balaban J connectivity index is 1.40. The summed E-state index contributed by atoms with van der Waals surface area (Å²) >= 11 is 0. The third-order valence-corrected chi connectivity index (χ3v) is 5.66. The van der Waals surface area contributed by atoms with Gasteiger partial charge in [0.2, 0.25) is 5.89 Å². The molecule has 1 aromatic heterocycles. The van der Waals surface area contributed by atoms with Gasteiger partial charge in [-0.3, -0.25) is 0 Å². The molecule has 3 aromatic carbocycles. The molecule has 0 bridgehead atoms. The number of anilines is 1. The monoisotopic (exact) mass is 413 g/mol. The predicted octanol–water partition coefficient (Wildman–Crippen LogP) is 5.87. The zero-order valence-corrected chi connectivity index (χ0v) is 17.2. The second kappa shape index (κ2) is 8.14. The summed E-state index contributed by atoms with van der Waals surface area (Å²) in [4.78, 5) is 19.5. The molecule has 0 spiro atoms. The van der Waals surface area contributed by atoms with Gasteiger partial charge >= 0.3 is 6.03 Å². The smallest absolute Gasteiger partial charge is 0.322 e. The van der Waals surface area contributed by atoms with E-state index in [0.717, 1.165) is 35.1 Å². The van der Waals surface area contributed by atoms with Crippen LogP contribution in [0, 0.1) is 0 Å². The lowest BCUT2D eigenvalue weighted by Crippen LogP contribution is -2.34. The number of methoxy groups -OCH3 is 1. The summed E-state index contributed by atoms with van der Waals surface area (Å²) in [5, 5.41) is 2.96. The number of oxazole rings is 1. The Morgan fingerprint density at radius 1 is 1.06 bits per heavy atom. The van der Waals surface area contributed by atoms with Crippen molar-refractivity contribution in [1.82, 2.24) is 9.88 Å². The highest BCUT2D eigenvalue weighted by atomic mass is 16.5. The van der Waals surface area contributed by atoms with Gasteiger partial charge in [0.15, 0.2) is 5.58 Å². The molecule has 1 aliphatic heterocycles. The predicted molar refractivity (Wildman–Crippen MR) is 120 cm³/mol. The fraction of sp³-hybridized carbons (Fsp3) is 0.200. The maximum absolute atomic E-state index is 13.0. The van der Waals surface area contributed by atoms with Gasteiger partial charge in [0, 0.05) is 6.54 Å². The molecule has 2 amide bonds. The SMILES string of the molecule is COc1ccccc1NC(=O)N1CCC[C@@H]1c1nc2cc(-c3ccccc3)ccc2o1. The van der Waals surface area contributed by atoms with E-state index in [1.807, 2.05) is 60.7 Å².